The molecular weight excluding hydrogens is 480 g/mol. The second-order valence-corrected chi connectivity index (χ2v) is 12.6. The Morgan fingerprint density at radius 3 is 2.54 bits per heavy atom. The molecule has 0 aromatic carbocycles. The average Bonchev–Trinajstić information content (AvgIpc) is 3.19. The van der Waals surface area contributed by atoms with Crippen LogP contribution >= 0.6 is 0 Å². The molecule has 1 saturated carbocycles. The third-order valence-corrected chi connectivity index (χ3v) is 11.3. The topological polar surface area (TPSA) is 136 Å². The summed E-state index contributed by atoms with van der Waals surface area (Å²) in [5, 5.41) is 24.6. The summed E-state index contributed by atoms with van der Waals surface area (Å²) in [4.78, 5) is 54.3. The third kappa shape index (κ3) is 2.12. The van der Waals surface area contributed by atoms with E-state index in [2.05, 4.69) is 6.58 Å². The number of allylic oxidation sites excluding steroid dienone is 4. The molecule has 0 aromatic rings. The fraction of sp³-hybridized carbons (Fsp3) is 0.643. The molecule has 1 spiro atoms. The van der Waals surface area contributed by atoms with Gasteiger partial charge >= 0.3 is 11.9 Å². The molecule has 9 nitrogen and oxygen atoms in total. The zero-order valence-corrected chi connectivity index (χ0v) is 21.0. The van der Waals surface area contributed by atoms with Gasteiger partial charge < -0.3 is 24.4 Å². The Bertz CT molecular complexity index is 1310. The SMILES string of the molecule is C=C1C(=O)O[C@@H]2C[C@@]1(C)C1C(=O)[C@]3(O)O[C@@]14C(O)(CCC1C3CC=C3CC=CC(=O)[C@@]31C)C(=O)O[C@@]24C. The zero-order valence-electron chi connectivity index (χ0n) is 21.0. The minimum atomic E-state index is -2.44. The molecule has 0 amide bonds. The van der Waals surface area contributed by atoms with Crippen LogP contribution in [0.1, 0.15) is 52.9 Å². The molecule has 4 saturated heterocycles. The van der Waals surface area contributed by atoms with Gasteiger partial charge in [0.15, 0.2) is 28.4 Å². The van der Waals surface area contributed by atoms with Gasteiger partial charge in [0.05, 0.1) is 11.3 Å². The average molecular weight is 511 g/mol. The number of aliphatic hydroxyl groups is 2. The van der Waals surface area contributed by atoms with Crippen LogP contribution in [0.2, 0.25) is 0 Å². The van der Waals surface area contributed by atoms with E-state index < -0.39 is 75.0 Å². The normalized spacial score (nSPS) is 55.4. The minimum absolute atomic E-state index is 0.0271. The van der Waals surface area contributed by atoms with Gasteiger partial charge in [-0.25, -0.2) is 9.59 Å². The standard InChI is InChI=1S/C28H30O9/c1-13-21(31)35-18-12-23(13,2)19-20(30)27(34)16-9-8-14-6-5-7-17(29)24(14,3)15(16)10-11-26(33)22(32)36-25(18,4)28(19,26)37-27/h5,7-8,15-16,18-19,33-34H,1,6,9-12H2,2-4H3/t15?,16?,18-,19?,23-,24+,25+,26?,27-,28+/m1/s1. The lowest BCUT2D eigenvalue weighted by Crippen LogP contribution is -2.77. The first-order valence-electron chi connectivity index (χ1n) is 13.0. The van der Waals surface area contributed by atoms with Gasteiger partial charge in [0.2, 0.25) is 5.79 Å². The molecule has 10 atom stereocenters. The van der Waals surface area contributed by atoms with Crippen LogP contribution in [-0.2, 0) is 33.4 Å². The molecule has 9 heteroatoms. The summed E-state index contributed by atoms with van der Waals surface area (Å²) in [6.45, 7) is 8.91. The van der Waals surface area contributed by atoms with Gasteiger partial charge in [0, 0.05) is 16.9 Å². The second-order valence-electron chi connectivity index (χ2n) is 12.6. The number of carbonyl (C=O) groups is 4. The molecule has 4 heterocycles. The van der Waals surface area contributed by atoms with Crippen LogP contribution in [0.15, 0.2) is 36.0 Å². The first-order chi connectivity index (χ1) is 17.2. The molecule has 4 aliphatic heterocycles. The van der Waals surface area contributed by atoms with Crippen molar-refractivity contribution < 1.29 is 43.6 Å². The number of rotatable bonds is 0. The molecule has 4 bridgehead atoms. The fourth-order valence-electron chi connectivity index (χ4n) is 9.22. The fourth-order valence-corrected chi connectivity index (χ4v) is 9.22. The van der Waals surface area contributed by atoms with Gasteiger partial charge in [-0.1, -0.05) is 31.2 Å². The molecular formula is C28H30O9. The van der Waals surface area contributed by atoms with Crippen molar-refractivity contribution in [1.29, 1.82) is 0 Å². The molecule has 0 aromatic heterocycles. The number of ketones is 2. The van der Waals surface area contributed by atoms with Crippen molar-refractivity contribution in [2.75, 3.05) is 0 Å². The summed E-state index contributed by atoms with van der Waals surface area (Å²) >= 11 is 0. The van der Waals surface area contributed by atoms with Crippen molar-refractivity contribution in [3.63, 3.8) is 0 Å². The highest BCUT2D eigenvalue weighted by Gasteiger charge is 2.91. The molecule has 7 aliphatic rings. The number of esters is 2. The number of carbonyl (C=O) groups excluding carboxylic acids is 4. The van der Waals surface area contributed by atoms with E-state index in [4.69, 9.17) is 14.2 Å². The van der Waals surface area contributed by atoms with Gasteiger partial charge in [-0.05, 0) is 57.9 Å². The minimum Gasteiger partial charge on any atom is -0.455 e. The van der Waals surface area contributed by atoms with Crippen LogP contribution in [0.4, 0.5) is 0 Å². The van der Waals surface area contributed by atoms with E-state index in [9.17, 15) is 29.4 Å². The zero-order chi connectivity index (χ0) is 26.6. The van der Waals surface area contributed by atoms with Crippen LogP contribution in [0.5, 0.6) is 0 Å². The second kappa shape index (κ2) is 6.33. The van der Waals surface area contributed by atoms with Crippen LogP contribution in [-0.4, -0.2) is 62.4 Å². The molecule has 4 unspecified atom stereocenters. The third-order valence-electron chi connectivity index (χ3n) is 11.3. The van der Waals surface area contributed by atoms with Crippen LogP contribution < -0.4 is 0 Å². The Balaban J connectivity index is 1.50. The van der Waals surface area contributed by atoms with Crippen molar-refractivity contribution >= 4 is 23.5 Å². The molecule has 0 radical (unpaired) electrons. The molecule has 37 heavy (non-hydrogen) atoms. The summed E-state index contributed by atoms with van der Waals surface area (Å²) in [6, 6.07) is 0. The predicted octanol–water partition coefficient (Wildman–Crippen LogP) is 1.46. The lowest BCUT2D eigenvalue weighted by Gasteiger charge is -2.60. The monoisotopic (exact) mass is 510 g/mol. The maximum Gasteiger partial charge on any atom is 0.342 e. The van der Waals surface area contributed by atoms with E-state index in [0.29, 0.717) is 6.42 Å². The molecule has 7 rings (SSSR count). The number of hydrogen-bond acceptors (Lipinski definition) is 9. The molecule has 196 valence electrons. The highest BCUT2D eigenvalue weighted by molar-refractivity contribution is 6.02. The van der Waals surface area contributed by atoms with Crippen LogP contribution in [0, 0.1) is 28.6 Å². The predicted molar refractivity (Wildman–Crippen MR) is 124 cm³/mol. The summed E-state index contributed by atoms with van der Waals surface area (Å²) in [6.07, 6.45) is 5.20. The van der Waals surface area contributed by atoms with E-state index in [0.717, 1.165) is 5.57 Å². The Morgan fingerprint density at radius 1 is 1.08 bits per heavy atom. The quantitative estimate of drug-likeness (QED) is 0.282. The van der Waals surface area contributed by atoms with Gasteiger partial charge in [-0.15, -0.1) is 0 Å². The Morgan fingerprint density at radius 2 is 1.81 bits per heavy atom. The lowest BCUT2D eigenvalue weighted by molar-refractivity contribution is -0.339. The largest absolute Gasteiger partial charge is 0.455 e. The summed E-state index contributed by atoms with van der Waals surface area (Å²) in [5.41, 5.74) is -7.44. The van der Waals surface area contributed by atoms with Crippen molar-refractivity contribution in [2.24, 2.45) is 28.6 Å². The Kier molecular flexibility index (Phi) is 4.02. The highest BCUT2D eigenvalue weighted by atomic mass is 16.7. The van der Waals surface area contributed by atoms with Crippen molar-refractivity contribution in [3.05, 3.63) is 36.0 Å². The van der Waals surface area contributed by atoms with Crippen LogP contribution in [0.3, 0.4) is 0 Å². The van der Waals surface area contributed by atoms with Crippen molar-refractivity contribution in [1.82, 2.24) is 0 Å². The van der Waals surface area contributed by atoms with Crippen molar-refractivity contribution in [3.8, 4) is 0 Å². The maximum absolute atomic E-state index is 14.5. The van der Waals surface area contributed by atoms with Crippen molar-refractivity contribution in [2.45, 2.75) is 81.6 Å². The number of ether oxygens (including phenoxy) is 3. The van der Waals surface area contributed by atoms with E-state index in [-0.39, 0.29) is 37.0 Å². The van der Waals surface area contributed by atoms with E-state index in [1.807, 2.05) is 6.08 Å². The summed E-state index contributed by atoms with van der Waals surface area (Å²) in [7, 11) is 0. The first-order valence-corrected chi connectivity index (χ1v) is 13.0. The lowest BCUT2D eigenvalue weighted by atomic mass is 9.47. The molecule has 5 fully saturated rings. The Labute approximate surface area is 213 Å². The summed E-state index contributed by atoms with van der Waals surface area (Å²) in [5.74, 6) is -7.72. The van der Waals surface area contributed by atoms with Gasteiger partial charge in [0.1, 0.15) is 6.10 Å². The van der Waals surface area contributed by atoms with E-state index in [1.54, 1.807) is 19.9 Å². The molecule has 2 N–H and O–H groups in total. The first kappa shape index (κ1) is 23.5. The number of Topliss-reactive ketones (excluding diaryl/α,β-unsaturated/α-hetero) is 1. The summed E-state index contributed by atoms with van der Waals surface area (Å²) < 4.78 is 18.0. The van der Waals surface area contributed by atoms with Gasteiger partial charge in [0.25, 0.3) is 0 Å². The highest BCUT2D eigenvalue weighted by Crippen LogP contribution is 2.73. The van der Waals surface area contributed by atoms with E-state index >= 15 is 0 Å². The van der Waals surface area contributed by atoms with Gasteiger partial charge in [-0.2, -0.15) is 0 Å². The number of hydrogen-bond donors (Lipinski definition) is 2. The van der Waals surface area contributed by atoms with Gasteiger partial charge in [-0.3, -0.25) is 9.59 Å². The van der Waals surface area contributed by atoms with E-state index in [1.165, 1.54) is 13.0 Å². The Hall–Kier alpha value is -2.62. The number of fused-ring (bicyclic) bond motifs is 9. The van der Waals surface area contributed by atoms with Crippen LogP contribution in [0.25, 0.3) is 0 Å². The maximum atomic E-state index is 14.5. The molecule has 3 aliphatic carbocycles. The smallest absolute Gasteiger partial charge is 0.342 e.